The van der Waals surface area contributed by atoms with Gasteiger partial charge in [0.2, 0.25) is 0 Å². The van der Waals surface area contributed by atoms with Gasteiger partial charge in [-0.3, -0.25) is 9.67 Å². The van der Waals surface area contributed by atoms with Gasteiger partial charge in [0, 0.05) is 24.5 Å². The van der Waals surface area contributed by atoms with Gasteiger partial charge < -0.3 is 5.11 Å². The summed E-state index contributed by atoms with van der Waals surface area (Å²) in [6.07, 6.45) is 6.11. The molecule has 1 aliphatic carbocycles. The second-order valence-corrected chi connectivity index (χ2v) is 4.55. The average Bonchev–Trinajstić information content (AvgIpc) is 3.09. The molecule has 4 nitrogen and oxygen atoms in total. The zero-order chi connectivity index (χ0) is 11.7. The highest BCUT2D eigenvalue weighted by atomic mass is 16.3. The summed E-state index contributed by atoms with van der Waals surface area (Å²) >= 11 is 0. The van der Waals surface area contributed by atoms with Gasteiger partial charge in [0.25, 0.3) is 0 Å². The zero-order valence-corrected chi connectivity index (χ0v) is 9.58. The normalized spacial score (nSPS) is 15.1. The molecule has 0 aromatic carbocycles. The summed E-state index contributed by atoms with van der Waals surface area (Å²) in [5.41, 5.74) is 2.77. The summed E-state index contributed by atoms with van der Waals surface area (Å²) in [7, 11) is 0. The minimum Gasteiger partial charge on any atom is -0.390 e. The summed E-state index contributed by atoms with van der Waals surface area (Å²) in [6.45, 7) is 0.968. The van der Waals surface area contributed by atoms with Crippen molar-refractivity contribution in [2.24, 2.45) is 5.92 Å². The standard InChI is InChI=1S/C13H15N3O/c17-9-12-6-13(11-2-1-5-14-7-11)15-16(12)8-10-3-4-10/h1-2,5-7,10,17H,3-4,8-9H2. The largest absolute Gasteiger partial charge is 0.390 e. The van der Waals surface area contributed by atoms with Crippen LogP contribution >= 0.6 is 0 Å². The van der Waals surface area contributed by atoms with E-state index in [1.165, 1.54) is 12.8 Å². The Morgan fingerprint density at radius 1 is 1.41 bits per heavy atom. The van der Waals surface area contributed by atoms with Crippen molar-refractivity contribution < 1.29 is 5.11 Å². The minimum absolute atomic E-state index is 0.0416. The minimum atomic E-state index is 0.0416. The van der Waals surface area contributed by atoms with E-state index in [0.29, 0.717) is 0 Å². The van der Waals surface area contributed by atoms with Crippen molar-refractivity contribution in [3.05, 3.63) is 36.3 Å². The molecule has 0 unspecified atom stereocenters. The Bertz CT molecular complexity index is 503. The predicted molar refractivity (Wildman–Crippen MR) is 64.1 cm³/mol. The Morgan fingerprint density at radius 3 is 2.94 bits per heavy atom. The van der Waals surface area contributed by atoms with E-state index in [0.717, 1.165) is 29.4 Å². The molecular formula is C13H15N3O. The Hall–Kier alpha value is -1.68. The third-order valence-electron chi connectivity index (χ3n) is 3.11. The number of rotatable bonds is 4. The molecule has 2 heterocycles. The first-order valence-electron chi connectivity index (χ1n) is 5.95. The molecule has 3 rings (SSSR count). The molecule has 88 valence electrons. The third-order valence-corrected chi connectivity index (χ3v) is 3.11. The van der Waals surface area contributed by atoms with Crippen LogP contribution in [0.3, 0.4) is 0 Å². The van der Waals surface area contributed by atoms with E-state index in [4.69, 9.17) is 0 Å². The fourth-order valence-electron chi connectivity index (χ4n) is 1.94. The maximum atomic E-state index is 9.34. The number of pyridine rings is 1. The lowest BCUT2D eigenvalue weighted by Gasteiger charge is -2.02. The molecular weight excluding hydrogens is 214 g/mol. The van der Waals surface area contributed by atoms with Gasteiger partial charge in [-0.05, 0) is 37.0 Å². The van der Waals surface area contributed by atoms with Crippen molar-refractivity contribution in [3.8, 4) is 11.3 Å². The van der Waals surface area contributed by atoms with E-state index in [-0.39, 0.29) is 6.61 Å². The van der Waals surface area contributed by atoms with Crippen LogP contribution in [0.5, 0.6) is 0 Å². The second-order valence-electron chi connectivity index (χ2n) is 4.55. The van der Waals surface area contributed by atoms with Crippen LogP contribution < -0.4 is 0 Å². The lowest BCUT2D eigenvalue weighted by atomic mass is 10.2. The molecule has 0 amide bonds. The van der Waals surface area contributed by atoms with Crippen LogP contribution in [0.25, 0.3) is 11.3 Å². The van der Waals surface area contributed by atoms with Gasteiger partial charge in [-0.15, -0.1) is 0 Å². The van der Waals surface area contributed by atoms with E-state index in [2.05, 4.69) is 10.1 Å². The molecule has 2 aromatic rings. The summed E-state index contributed by atoms with van der Waals surface area (Å²) in [6, 6.07) is 5.82. The van der Waals surface area contributed by atoms with E-state index in [1.54, 1.807) is 12.4 Å². The van der Waals surface area contributed by atoms with Crippen LogP contribution in [-0.4, -0.2) is 19.9 Å². The fraction of sp³-hybridized carbons (Fsp3) is 0.385. The number of nitrogens with zero attached hydrogens (tertiary/aromatic N) is 3. The Balaban J connectivity index is 1.92. The molecule has 1 N–H and O–H groups in total. The van der Waals surface area contributed by atoms with Gasteiger partial charge in [-0.25, -0.2) is 0 Å². The molecule has 0 bridgehead atoms. The van der Waals surface area contributed by atoms with Gasteiger partial charge in [0.15, 0.2) is 0 Å². The molecule has 2 aromatic heterocycles. The van der Waals surface area contributed by atoms with Crippen molar-refractivity contribution in [1.29, 1.82) is 0 Å². The summed E-state index contributed by atoms with van der Waals surface area (Å²) in [5.74, 6) is 0.752. The van der Waals surface area contributed by atoms with E-state index < -0.39 is 0 Å². The molecule has 1 saturated carbocycles. The molecule has 0 atom stereocenters. The fourth-order valence-corrected chi connectivity index (χ4v) is 1.94. The monoisotopic (exact) mass is 229 g/mol. The van der Waals surface area contributed by atoms with Crippen molar-refractivity contribution in [2.45, 2.75) is 26.0 Å². The number of aliphatic hydroxyl groups is 1. The van der Waals surface area contributed by atoms with E-state index in [1.807, 2.05) is 22.9 Å². The third kappa shape index (κ3) is 2.22. The topological polar surface area (TPSA) is 50.9 Å². The highest BCUT2D eigenvalue weighted by Gasteiger charge is 2.23. The number of aliphatic hydroxyl groups excluding tert-OH is 1. The lowest BCUT2D eigenvalue weighted by Crippen LogP contribution is -2.06. The van der Waals surface area contributed by atoms with Crippen LogP contribution in [0, 0.1) is 5.92 Å². The van der Waals surface area contributed by atoms with Crippen LogP contribution in [0.2, 0.25) is 0 Å². The van der Waals surface area contributed by atoms with Crippen molar-refractivity contribution in [1.82, 2.24) is 14.8 Å². The molecule has 1 fully saturated rings. The molecule has 0 radical (unpaired) electrons. The second kappa shape index (κ2) is 4.30. The first-order chi connectivity index (χ1) is 8.36. The summed E-state index contributed by atoms with van der Waals surface area (Å²) < 4.78 is 1.93. The van der Waals surface area contributed by atoms with Crippen LogP contribution in [0.4, 0.5) is 0 Å². The van der Waals surface area contributed by atoms with Crippen LogP contribution in [0.15, 0.2) is 30.6 Å². The Morgan fingerprint density at radius 2 is 2.29 bits per heavy atom. The quantitative estimate of drug-likeness (QED) is 0.870. The van der Waals surface area contributed by atoms with Crippen LogP contribution in [0.1, 0.15) is 18.5 Å². The number of hydrogen-bond acceptors (Lipinski definition) is 3. The summed E-state index contributed by atoms with van der Waals surface area (Å²) in [5, 5.41) is 13.9. The molecule has 17 heavy (non-hydrogen) atoms. The van der Waals surface area contributed by atoms with Gasteiger partial charge >= 0.3 is 0 Å². The average molecular weight is 229 g/mol. The molecule has 0 aliphatic heterocycles. The maximum absolute atomic E-state index is 9.34. The summed E-state index contributed by atoms with van der Waals surface area (Å²) in [4.78, 5) is 4.09. The molecule has 0 spiro atoms. The first-order valence-corrected chi connectivity index (χ1v) is 5.95. The Kier molecular flexibility index (Phi) is 2.65. The predicted octanol–water partition coefficient (Wildman–Crippen LogP) is 1.85. The van der Waals surface area contributed by atoms with Gasteiger partial charge in [-0.2, -0.15) is 5.10 Å². The van der Waals surface area contributed by atoms with E-state index in [9.17, 15) is 5.11 Å². The van der Waals surface area contributed by atoms with Gasteiger partial charge in [-0.1, -0.05) is 0 Å². The Labute approximate surface area is 99.9 Å². The van der Waals surface area contributed by atoms with Gasteiger partial charge in [0.1, 0.15) is 0 Å². The number of aromatic nitrogens is 3. The molecule has 4 heteroatoms. The maximum Gasteiger partial charge on any atom is 0.0942 e. The zero-order valence-electron chi connectivity index (χ0n) is 9.58. The molecule has 0 saturated heterocycles. The lowest BCUT2D eigenvalue weighted by molar-refractivity contribution is 0.266. The number of hydrogen-bond donors (Lipinski definition) is 1. The van der Waals surface area contributed by atoms with Crippen molar-refractivity contribution in [2.75, 3.05) is 0 Å². The highest BCUT2D eigenvalue weighted by Crippen LogP contribution is 2.31. The smallest absolute Gasteiger partial charge is 0.0942 e. The SMILES string of the molecule is OCc1cc(-c2cccnc2)nn1CC1CC1. The first kappa shape index (κ1) is 10.5. The van der Waals surface area contributed by atoms with Crippen molar-refractivity contribution in [3.63, 3.8) is 0 Å². The van der Waals surface area contributed by atoms with Crippen molar-refractivity contribution >= 4 is 0 Å². The van der Waals surface area contributed by atoms with Gasteiger partial charge in [0.05, 0.1) is 18.0 Å². The molecule has 1 aliphatic rings. The highest BCUT2D eigenvalue weighted by molar-refractivity contribution is 5.57. The van der Waals surface area contributed by atoms with Crippen LogP contribution in [-0.2, 0) is 13.2 Å². The van der Waals surface area contributed by atoms with E-state index >= 15 is 0 Å².